The number of amides is 4. The van der Waals surface area contributed by atoms with Crippen LogP contribution >= 0.6 is 0 Å². The Bertz CT molecular complexity index is 734. The molecule has 4 amide bonds. The van der Waals surface area contributed by atoms with Gasteiger partial charge in [0.15, 0.2) is 0 Å². The Morgan fingerprint density at radius 3 is 2.79 bits per heavy atom. The van der Waals surface area contributed by atoms with E-state index in [-0.39, 0.29) is 24.1 Å². The average molecular weight is 390 g/mol. The Kier molecular flexibility index (Phi) is 6.27. The molecule has 0 radical (unpaired) electrons. The molecule has 28 heavy (non-hydrogen) atoms. The van der Waals surface area contributed by atoms with Gasteiger partial charge in [-0.25, -0.2) is 4.98 Å². The van der Waals surface area contributed by atoms with Crippen molar-refractivity contribution in [2.75, 3.05) is 13.1 Å². The maximum absolute atomic E-state index is 13.2. The van der Waals surface area contributed by atoms with E-state index < -0.39 is 24.0 Å². The van der Waals surface area contributed by atoms with Crippen molar-refractivity contribution in [1.82, 2.24) is 30.8 Å². The molecular weight excluding hydrogens is 364 g/mol. The first kappa shape index (κ1) is 19.8. The highest BCUT2D eigenvalue weighted by atomic mass is 16.2. The first-order chi connectivity index (χ1) is 13.5. The smallest absolute Gasteiger partial charge is 0.246 e. The highest BCUT2D eigenvalue weighted by Crippen LogP contribution is 2.20. The van der Waals surface area contributed by atoms with Gasteiger partial charge in [0.05, 0.1) is 6.33 Å². The number of nitrogens with one attached hydrogen (secondary N) is 4. The molecule has 2 saturated heterocycles. The van der Waals surface area contributed by atoms with Gasteiger partial charge in [-0.05, 0) is 26.2 Å². The molecule has 0 unspecified atom stereocenters. The second kappa shape index (κ2) is 8.85. The SMILES string of the molecule is CCNC(=O)[C@@H]1CCCN1C(=O)[C@H](Cc1cnc[nH]1)NC(=O)[C@@H]1CCC(=O)N1. The fourth-order valence-electron chi connectivity index (χ4n) is 3.69. The predicted octanol–water partition coefficient (Wildman–Crippen LogP) is -1.16. The molecule has 0 aromatic carbocycles. The predicted molar refractivity (Wildman–Crippen MR) is 98.8 cm³/mol. The van der Waals surface area contributed by atoms with Crippen LogP contribution in [-0.4, -0.2) is 69.7 Å². The topological polar surface area (TPSA) is 136 Å². The van der Waals surface area contributed by atoms with Gasteiger partial charge < -0.3 is 25.8 Å². The van der Waals surface area contributed by atoms with E-state index in [9.17, 15) is 19.2 Å². The van der Waals surface area contributed by atoms with Crippen molar-refractivity contribution in [2.45, 2.75) is 57.2 Å². The molecule has 0 spiro atoms. The van der Waals surface area contributed by atoms with Crippen molar-refractivity contribution in [3.8, 4) is 0 Å². The molecule has 0 bridgehead atoms. The van der Waals surface area contributed by atoms with Crippen molar-refractivity contribution in [3.05, 3.63) is 18.2 Å². The van der Waals surface area contributed by atoms with Gasteiger partial charge in [-0.2, -0.15) is 0 Å². The fraction of sp³-hybridized carbons (Fsp3) is 0.611. The van der Waals surface area contributed by atoms with Crippen molar-refractivity contribution >= 4 is 23.6 Å². The van der Waals surface area contributed by atoms with E-state index in [1.54, 1.807) is 11.1 Å². The number of hydrogen-bond donors (Lipinski definition) is 4. The molecule has 152 valence electrons. The van der Waals surface area contributed by atoms with E-state index in [0.29, 0.717) is 38.0 Å². The number of rotatable bonds is 7. The van der Waals surface area contributed by atoms with Crippen LogP contribution < -0.4 is 16.0 Å². The molecule has 1 aromatic rings. The average Bonchev–Trinajstić information content (AvgIpc) is 3.42. The highest BCUT2D eigenvalue weighted by Gasteiger charge is 2.38. The third-order valence-electron chi connectivity index (χ3n) is 5.09. The number of H-pyrrole nitrogens is 1. The molecule has 2 aliphatic heterocycles. The first-order valence-electron chi connectivity index (χ1n) is 9.64. The van der Waals surface area contributed by atoms with Crippen molar-refractivity contribution in [3.63, 3.8) is 0 Å². The molecule has 3 rings (SSSR count). The molecule has 4 N–H and O–H groups in total. The standard InChI is InChI=1S/C18H26N6O4/c1-2-20-17(27)14-4-3-7-24(14)18(28)13(8-11-9-19-10-21-11)23-16(26)12-5-6-15(25)22-12/h9-10,12-14H,2-8H2,1H3,(H,19,21)(H,20,27)(H,22,25)(H,23,26)/t12-,13-,14-/m0/s1. The summed E-state index contributed by atoms with van der Waals surface area (Å²) in [5, 5.41) is 8.13. The molecule has 0 aliphatic carbocycles. The number of imidazole rings is 1. The summed E-state index contributed by atoms with van der Waals surface area (Å²) in [6, 6.07) is -2.01. The number of carbonyl (C=O) groups is 4. The molecule has 2 aliphatic rings. The summed E-state index contributed by atoms with van der Waals surface area (Å²) in [6.07, 6.45) is 5.35. The van der Waals surface area contributed by atoms with Gasteiger partial charge >= 0.3 is 0 Å². The summed E-state index contributed by atoms with van der Waals surface area (Å²) in [7, 11) is 0. The van der Waals surface area contributed by atoms with Crippen LogP contribution in [0.1, 0.15) is 38.3 Å². The maximum Gasteiger partial charge on any atom is 0.246 e. The minimum Gasteiger partial charge on any atom is -0.355 e. The molecule has 10 nitrogen and oxygen atoms in total. The van der Waals surface area contributed by atoms with Crippen LogP contribution in [-0.2, 0) is 25.6 Å². The quantitative estimate of drug-likeness (QED) is 0.466. The molecular formula is C18H26N6O4. The number of likely N-dealkylation sites (tertiary alicyclic amines) is 1. The van der Waals surface area contributed by atoms with Gasteiger partial charge in [-0.3, -0.25) is 19.2 Å². The Hall–Kier alpha value is -2.91. The second-order valence-corrected chi connectivity index (χ2v) is 7.09. The first-order valence-corrected chi connectivity index (χ1v) is 9.64. The second-order valence-electron chi connectivity index (χ2n) is 7.09. The van der Waals surface area contributed by atoms with Crippen LogP contribution in [0.25, 0.3) is 0 Å². The Morgan fingerprint density at radius 1 is 1.32 bits per heavy atom. The third kappa shape index (κ3) is 4.49. The maximum atomic E-state index is 13.2. The summed E-state index contributed by atoms with van der Waals surface area (Å²) in [5.74, 6) is -1.05. The number of aromatic nitrogens is 2. The third-order valence-corrected chi connectivity index (χ3v) is 5.09. The van der Waals surface area contributed by atoms with Gasteiger partial charge in [0.1, 0.15) is 18.1 Å². The lowest BCUT2D eigenvalue weighted by atomic mass is 10.1. The van der Waals surface area contributed by atoms with E-state index in [2.05, 4.69) is 25.9 Å². The number of aromatic amines is 1. The number of hydrogen-bond acceptors (Lipinski definition) is 5. The zero-order valence-corrected chi connectivity index (χ0v) is 15.9. The van der Waals surface area contributed by atoms with Gasteiger partial charge in [0.2, 0.25) is 23.6 Å². The lowest BCUT2D eigenvalue weighted by Crippen LogP contribution is -2.56. The largest absolute Gasteiger partial charge is 0.355 e. The summed E-state index contributed by atoms with van der Waals surface area (Å²) in [5.41, 5.74) is 0.697. The zero-order valence-electron chi connectivity index (χ0n) is 15.9. The van der Waals surface area contributed by atoms with E-state index in [0.717, 1.165) is 6.42 Å². The Morgan fingerprint density at radius 2 is 2.14 bits per heavy atom. The molecule has 3 heterocycles. The highest BCUT2D eigenvalue weighted by molar-refractivity contribution is 5.95. The molecule has 3 atom stereocenters. The van der Waals surface area contributed by atoms with Gasteiger partial charge in [0.25, 0.3) is 0 Å². The molecule has 10 heteroatoms. The summed E-state index contributed by atoms with van der Waals surface area (Å²) in [6.45, 7) is 2.79. The number of likely N-dealkylation sites (N-methyl/N-ethyl adjacent to an activating group) is 1. The van der Waals surface area contributed by atoms with Crippen molar-refractivity contribution in [2.24, 2.45) is 0 Å². The van der Waals surface area contributed by atoms with Crippen LogP contribution in [0, 0.1) is 0 Å². The minimum atomic E-state index is -0.847. The van der Waals surface area contributed by atoms with Crippen LogP contribution in [0.2, 0.25) is 0 Å². The Labute approximate surface area is 162 Å². The number of carbonyl (C=O) groups excluding carboxylic acids is 4. The summed E-state index contributed by atoms with van der Waals surface area (Å²) < 4.78 is 0. The van der Waals surface area contributed by atoms with Gasteiger partial charge in [0, 0.05) is 37.8 Å². The van der Waals surface area contributed by atoms with Crippen LogP contribution in [0.15, 0.2) is 12.5 Å². The van der Waals surface area contributed by atoms with Gasteiger partial charge in [-0.15, -0.1) is 0 Å². The Balaban J connectivity index is 1.73. The van der Waals surface area contributed by atoms with E-state index in [1.807, 2.05) is 6.92 Å². The molecule has 2 fully saturated rings. The van der Waals surface area contributed by atoms with Gasteiger partial charge in [-0.1, -0.05) is 0 Å². The number of nitrogens with zero attached hydrogens (tertiary/aromatic N) is 2. The summed E-state index contributed by atoms with van der Waals surface area (Å²) >= 11 is 0. The van der Waals surface area contributed by atoms with Crippen molar-refractivity contribution < 1.29 is 19.2 Å². The van der Waals surface area contributed by atoms with E-state index in [4.69, 9.17) is 0 Å². The molecule has 0 saturated carbocycles. The normalized spacial score (nSPS) is 22.6. The van der Waals surface area contributed by atoms with Crippen LogP contribution in [0.3, 0.4) is 0 Å². The lowest BCUT2D eigenvalue weighted by Gasteiger charge is -2.29. The van der Waals surface area contributed by atoms with Crippen LogP contribution in [0.4, 0.5) is 0 Å². The summed E-state index contributed by atoms with van der Waals surface area (Å²) in [4.78, 5) is 57.9. The lowest BCUT2D eigenvalue weighted by molar-refractivity contribution is -0.141. The van der Waals surface area contributed by atoms with E-state index >= 15 is 0 Å². The minimum absolute atomic E-state index is 0.174. The van der Waals surface area contributed by atoms with Crippen molar-refractivity contribution in [1.29, 1.82) is 0 Å². The molecule has 1 aromatic heterocycles. The van der Waals surface area contributed by atoms with Crippen LogP contribution in [0.5, 0.6) is 0 Å². The zero-order chi connectivity index (χ0) is 20.1. The monoisotopic (exact) mass is 390 g/mol. The fourth-order valence-corrected chi connectivity index (χ4v) is 3.69. The van der Waals surface area contributed by atoms with E-state index in [1.165, 1.54) is 6.33 Å².